The number of nitrogens with zero attached hydrogens (tertiary/aromatic N) is 1. The fourth-order valence-electron chi connectivity index (χ4n) is 3.28. The predicted octanol–water partition coefficient (Wildman–Crippen LogP) is 4.65. The van der Waals surface area contributed by atoms with Crippen LogP contribution in [0.5, 0.6) is 0 Å². The van der Waals surface area contributed by atoms with Gasteiger partial charge in [0, 0.05) is 23.7 Å². The van der Waals surface area contributed by atoms with Gasteiger partial charge in [-0.15, -0.1) is 0 Å². The quantitative estimate of drug-likeness (QED) is 0.556. The largest absolute Gasteiger partial charge is 0.388 e. The summed E-state index contributed by atoms with van der Waals surface area (Å²) in [7, 11) is 0. The summed E-state index contributed by atoms with van der Waals surface area (Å²) in [5.41, 5.74) is 2.09. The maximum atomic E-state index is 13.4. The monoisotopic (exact) mass is 390 g/mol. The van der Waals surface area contributed by atoms with Crippen molar-refractivity contribution in [3.05, 3.63) is 80.6 Å². The molecule has 5 nitrogen and oxygen atoms in total. The molecule has 0 bridgehead atoms. The van der Waals surface area contributed by atoms with Gasteiger partial charge in [0.15, 0.2) is 0 Å². The molecule has 0 aliphatic carbocycles. The number of benzene rings is 2. The van der Waals surface area contributed by atoms with E-state index < -0.39 is 22.5 Å². The van der Waals surface area contributed by atoms with Crippen LogP contribution in [0.15, 0.2) is 48.5 Å². The van der Waals surface area contributed by atoms with E-state index in [2.05, 4.69) is 11.4 Å². The number of hydrogen-bond donors (Lipinski definition) is 2. The normalized spacial score (nSPS) is 18.0. The van der Waals surface area contributed by atoms with Crippen molar-refractivity contribution in [3.63, 3.8) is 0 Å². The van der Waals surface area contributed by atoms with Gasteiger partial charge >= 0.3 is 5.69 Å². The van der Waals surface area contributed by atoms with Crippen molar-refractivity contribution in [1.82, 2.24) is 5.32 Å². The third-order valence-electron chi connectivity index (χ3n) is 4.78. The summed E-state index contributed by atoms with van der Waals surface area (Å²) >= 11 is 5.94. The van der Waals surface area contributed by atoms with Gasteiger partial charge in [-0.05, 0) is 54.2 Å². The maximum Gasteiger partial charge on any atom is 0.305 e. The Labute approximate surface area is 161 Å². The van der Waals surface area contributed by atoms with Crippen molar-refractivity contribution >= 4 is 22.9 Å². The summed E-state index contributed by atoms with van der Waals surface area (Å²) in [5.74, 6) is -0.900. The van der Waals surface area contributed by atoms with Crippen molar-refractivity contribution in [3.8, 4) is 0 Å². The second-order valence-corrected chi connectivity index (χ2v) is 7.04. The molecule has 0 saturated carbocycles. The zero-order valence-corrected chi connectivity index (χ0v) is 15.3. The molecular weight excluding hydrogens is 371 g/mol. The number of rotatable bonds is 6. The zero-order chi connectivity index (χ0) is 19.4. The van der Waals surface area contributed by atoms with Crippen LogP contribution in [0, 0.1) is 15.9 Å². The van der Waals surface area contributed by atoms with Gasteiger partial charge in [0.25, 0.3) is 0 Å². The maximum absolute atomic E-state index is 13.4. The summed E-state index contributed by atoms with van der Waals surface area (Å²) in [6.07, 6.45) is 3.19. The zero-order valence-electron chi connectivity index (χ0n) is 14.6. The minimum Gasteiger partial charge on any atom is -0.388 e. The van der Waals surface area contributed by atoms with E-state index in [0.717, 1.165) is 30.7 Å². The molecule has 0 amide bonds. The summed E-state index contributed by atoms with van der Waals surface area (Å²) < 4.78 is 13.4. The van der Waals surface area contributed by atoms with Crippen LogP contribution in [0.3, 0.4) is 0 Å². The minimum atomic E-state index is -0.900. The van der Waals surface area contributed by atoms with Crippen LogP contribution in [0.1, 0.15) is 36.5 Å². The van der Waals surface area contributed by atoms with Gasteiger partial charge in [-0.2, -0.15) is 4.39 Å². The highest BCUT2D eigenvalue weighted by molar-refractivity contribution is 6.30. The molecule has 3 rings (SSSR count). The Morgan fingerprint density at radius 1 is 1.30 bits per heavy atom. The lowest BCUT2D eigenvalue weighted by Gasteiger charge is -2.25. The number of aliphatic hydroxyl groups excluding tert-OH is 1. The standard InChI is InChI=1S/C20H20ClFN2O3/c21-16-4-1-13(2-5-16)14-9-10-23-17(11-14)6-8-20(25)15-3-7-18(22)19(12-15)24(26)27/h1-5,7,9,12,17,20,23,25H,6,8,10-11H2. The van der Waals surface area contributed by atoms with Gasteiger partial charge < -0.3 is 10.4 Å². The first-order valence-corrected chi connectivity index (χ1v) is 9.12. The van der Waals surface area contributed by atoms with Gasteiger partial charge in [-0.25, -0.2) is 0 Å². The van der Waals surface area contributed by atoms with Crippen LogP contribution < -0.4 is 5.32 Å². The molecule has 1 heterocycles. The Bertz CT molecular complexity index is 855. The lowest BCUT2D eigenvalue weighted by molar-refractivity contribution is -0.387. The van der Waals surface area contributed by atoms with E-state index in [1.807, 2.05) is 24.3 Å². The summed E-state index contributed by atoms with van der Waals surface area (Å²) in [6.45, 7) is 0.737. The summed E-state index contributed by atoms with van der Waals surface area (Å²) in [6, 6.07) is 11.4. The van der Waals surface area contributed by atoms with Gasteiger partial charge in [-0.1, -0.05) is 35.9 Å². The number of nitro groups is 1. The molecule has 0 spiro atoms. The molecule has 0 fully saturated rings. The topological polar surface area (TPSA) is 75.4 Å². The van der Waals surface area contributed by atoms with Crippen LogP contribution in [0.4, 0.5) is 10.1 Å². The van der Waals surface area contributed by atoms with E-state index in [1.54, 1.807) is 0 Å². The molecule has 142 valence electrons. The average Bonchev–Trinajstić information content (AvgIpc) is 2.67. The van der Waals surface area contributed by atoms with Gasteiger partial charge in [0.2, 0.25) is 5.82 Å². The van der Waals surface area contributed by atoms with Gasteiger partial charge in [0.1, 0.15) is 0 Å². The summed E-state index contributed by atoms with van der Waals surface area (Å²) in [4.78, 5) is 10.1. The third-order valence-corrected chi connectivity index (χ3v) is 5.03. The Balaban J connectivity index is 1.60. The predicted molar refractivity (Wildman–Crippen MR) is 103 cm³/mol. The van der Waals surface area contributed by atoms with E-state index in [4.69, 9.17) is 11.6 Å². The molecule has 0 radical (unpaired) electrons. The fourth-order valence-corrected chi connectivity index (χ4v) is 3.40. The number of halogens is 2. The van der Waals surface area contributed by atoms with E-state index in [-0.39, 0.29) is 6.04 Å². The molecule has 2 atom stereocenters. The number of nitro benzene ring substituents is 1. The average molecular weight is 391 g/mol. The smallest absolute Gasteiger partial charge is 0.305 e. The fraction of sp³-hybridized carbons (Fsp3) is 0.300. The molecule has 0 saturated heterocycles. The SMILES string of the molecule is O=[N+]([O-])c1cc(C(O)CCC2CC(c3ccc(Cl)cc3)=CCN2)ccc1F. The molecule has 1 aliphatic heterocycles. The van der Waals surface area contributed by atoms with Crippen molar-refractivity contribution in [2.45, 2.75) is 31.4 Å². The highest BCUT2D eigenvalue weighted by Gasteiger charge is 2.21. The molecule has 2 aromatic carbocycles. The van der Waals surface area contributed by atoms with Crippen LogP contribution in [-0.2, 0) is 0 Å². The number of aliphatic hydroxyl groups is 1. The van der Waals surface area contributed by atoms with E-state index in [1.165, 1.54) is 11.6 Å². The first-order valence-electron chi connectivity index (χ1n) is 8.74. The van der Waals surface area contributed by atoms with Crippen molar-refractivity contribution < 1.29 is 14.4 Å². The van der Waals surface area contributed by atoms with E-state index in [9.17, 15) is 19.6 Å². The lowest BCUT2D eigenvalue weighted by Crippen LogP contribution is -2.33. The van der Waals surface area contributed by atoms with Gasteiger partial charge in [0.05, 0.1) is 11.0 Å². The molecule has 2 aromatic rings. The molecule has 2 N–H and O–H groups in total. The first-order chi connectivity index (χ1) is 12.9. The number of hydrogen-bond acceptors (Lipinski definition) is 4. The lowest BCUT2D eigenvalue weighted by atomic mass is 9.91. The minimum absolute atomic E-state index is 0.186. The Kier molecular flexibility index (Phi) is 6.21. The molecule has 27 heavy (non-hydrogen) atoms. The van der Waals surface area contributed by atoms with E-state index >= 15 is 0 Å². The third kappa shape index (κ3) is 4.91. The second-order valence-electron chi connectivity index (χ2n) is 6.61. The highest BCUT2D eigenvalue weighted by atomic mass is 35.5. The highest BCUT2D eigenvalue weighted by Crippen LogP contribution is 2.29. The molecule has 7 heteroatoms. The van der Waals surface area contributed by atoms with Crippen LogP contribution >= 0.6 is 11.6 Å². The van der Waals surface area contributed by atoms with Crippen molar-refractivity contribution in [1.29, 1.82) is 0 Å². The van der Waals surface area contributed by atoms with Crippen LogP contribution in [0.2, 0.25) is 5.02 Å². The van der Waals surface area contributed by atoms with Crippen molar-refractivity contribution in [2.75, 3.05) is 6.54 Å². The molecule has 0 aromatic heterocycles. The Morgan fingerprint density at radius 3 is 2.74 bits per heavy atom. The Morgan fingerprint density at radius 2 is 2.04 bits per heavy atom. The van der Waals surface area contributed by atoms with Crippen molar-refractivity contribution in [2.24, 2.45) is 0 Å². The number of nitrogens with one attached hydrogen (secondary N) is 1. The first kappa shape index (κ1) is 19.5. The van der Waals surface area contributed by atoms with E-state index in [0.29, 0.717) is 23.4 Å². The van der Waals surface area contributed by atoms with Crippen LogP contribution in [0.25, 0.3) is 5.57 Å². The molecular formula is C20H20ClFN2O3. The Hall–Kier alpha value is -2.28. The van der Waals surface area contributed by atoms with Crippen LogP contribution in [-0.4, -0.2) is 22.6 Å². The molecule has 1 aliphatic rings. The van der Waals surface area contributed by atoms with Gasteiger partial charge in [-0.3, -0.25) is 10.1 Å². The molecule has 2 unspecified atom stereocenters. The summed E-state index contributed by atoms with van der Waals surface area (Å²) in [5, 5.41) is 25.3. The second kappa shape index (κ2) is 8.61.